The van der Waals surface area contributed by atoms with E-state index in [-0.39, 0.29) is 17.9 Å². The van der Waals surface area contributed by atoms with E-state index in [1.54, 1.807) is 0 Å². The van der Waals surface area contributed by atoms with Crippen molar-refractivity contribution in [3.8, 4) is 0 Å². The third-order valence-electron chi connectivity index (χ3n) is 2.64. The van der Waals surface area contributed by atoms with Crippen LogP contribution in [-0.2, 0) is 16.1 Å². The van der Waals surface area contributed by atoms with Crippen molar-refractivity contribution in [1.29, 1.82) is 0 Å². The van der Waals surface area contributed by atoms with Crippen LogP contribution in [0, 0.1) is 5.92 Å². The largest absolute Gasteiger partial charge is 0.468 e. The Balaban J connectivity index is 2.73. The molecule has 0 aromatic heterocycles. The highest BCUT2D eigenvalue weighted by atomic mass is 79.9. The molecule has 0 aliphatic rings. The highest BCUT2D eigenvalue weighted by Crippen LogP contribution is 2.21. The number of carbonyl (C=O) groups excluding carboxylic acids is 1. The van der Waals surface area contributed by atoms with Gasteiger partial charge in [0.05, 0.1) is 7.11 Å². The van der Waals surface area contributed by atoms with Crippen molar-refractivity contribution >= 4 is 33.5 Å². The number of hydrogen-bond acceptors (Lipinski definition) is 3. The second-order valence-corrected chi connectivity index (χ2v) is 5.68. The van der Waals surface area contributed by atoms with Gasteiger partial charge in [-0.15, -0.1) is 0 Å². The van der Waals surface area contributed by atoms with Crippen molar-refractivity contribution < 1.29 is 9.53 Å². The molecule has 1 atom stereocenters. The molecule has 5 heteroatoms. The van der Waals surface area contributed by atoms with Gasteiger partial charge in [0.25, 0.3) is 0 Å². The van der Waals surface area contributed by atoms with E-state index in [0.717, 1.165) is 10.0 Å². The quantitative estimate of drug-likeness (QED) is 0.839. The maximum atomic E-state index is 11.6. The van der Waals surface area contributed by atoms with Crippen LogP contribution in [0.2, 0.25) is 5.02 Å². The van der Waals surface area contributed by atoms with Gasteiger partial charge in [-0.1, -0.05) is 41.4 Å². The number of nitrogens with one attached hydrogen (secondary N) is 1. The molecule has 0 aliphatic carbocycles. The molecule has 0 saturated heterocycles. The minimum Gasteiger partial charge on any atom is -0.468 e. The van der Waals surface area contributed by atoms with Crippen LogP contribution in [0.3, 0.4) is 0 Å². The molecule has 0 amide bonds. The number of hydrogen-bond donors (Lipinski definition) is 1. The van der Waals surface area contributed by atoms with E-state index in [0.29, 0.717) is 11.6 Å². The van der Waals surface area contributed by atoms with Crippen LogP contribution in [0.15, 0.2) is 22.7 Å². The van der Waals surface area contributed by atoms with Gasteiger partial charge < -0.3 is 10.1 Å². The fourth-order valence-corrected chi connectivity index (χ4v) is 2.21. The smallest absolute Gasteiger partial charge is 0.323 e. The first kappa shape index (κ1) is 15.5. The Kier molecular flexibility index (Phi) is 6.12. The summed E-state index contributed by atoms with van der Waals surface area (Å²) in [6.45, 7) is 4.46. The van der Waals surface area contributed by atoms with E-state index in [4.69, 9.17) is 16.3 Å². The molecule has 0 aliphatic heterocycles. The van der Waals surface area contributed by atoms with Crippen LogP contribution in [0.5, 0.6) is 0 Å². The van der Waals surface area contributed by atoms with E-state index in [9.17, 15) is 4.79 Å². The number of esters is 1. The number of carbonyl (C=O) groups is 1. The Morgan fingerprint density at radius 3 is 2.72 bits per heavy atom. The minimum absolute atomic E-state index is 0.156. The molecule has 0 saturated carbocycles. The maximum Gasteiger partial charge on any atom is 0.323 e. The number of ether oxygens (including phenoxy) is 1. The summed E-state index contributed by atoms with van der Waals surface area (Å²) >= 11 is 9.49. The molecular weight excluding hydrogens is 318 g/mol. The van der Waals surface area contributed by atoms with Gasteiger partial charge in [0.2, 0.25) is 0 Å². The second-order valence-electron chi connectivity index (χ2n) is 4.36. The normalized spacial score (nSPS) is 12.6. The predicted octanol–water partition coefficient (Wildman–Crippen LogP) is 3.39. The van der Waals surface area contributed by atoms with Crippen LogP contribution >= 0.6 is 27.5 Å². The van der Waals surface area contributed by atoms with Crippen molar-refractivity contribution in [3.05, 3.63) is 33.3 Å². The van der Waals surface area contributed by atoms with Crippen LogP contribution < -0.4 is 5.32 Å². The fourth-order valence-electron chi connectivity index (χ4n) is 1.62. The van der Waals surface area contributed by atoms with Gasteiger partial charge in [-0.05, 0) is 29.7 Å². The Labute approximate surface area is 121 Å². The highest BCUT2D eigenvalue weighted by Gasteiger charge is 2.22. The Hall–Kier alpha value is -0.580. The number of halogens is 2. The minimum atomic E-state index is -0.329. The standard InChI is InChI=1S/C13H17BrClNO2/c1-8(2)12(13(17)18-3)16-7-9-6-10(14)4-5-11(9)15/h4-6,8,12,16H,7H2,1-3H3/t12-/m0/s1. The van der Waals surface area contributed by atoms with E-state index < -0.39 is 0 Å². The lowest BCUT2D eigenvalue weighted by molar-refractivity contribution is -0.144. The highest BCUT2D eigenvalue weighted by molar-refractivity contribution is 9.10. The predicted molar refractivity (Wildman–Crippen MR) is 76.6 cm³/mol. The molecule has 1 aromatic rings. The van der Waals surface area contributed by atoms with Crippen LogP contribution in [-0.4, -0.2) is 19.1 Å². The first-order valence-electron chi connectivity index (χ1n) is 5.70. The van der Waals surface area contributed by atoms with Crippen LogP contribution in [0.1, 0.15) is 19.4 Å². The summed E-state index contributed by atoms with van der Waals surface area (Å²) in [4.78, 5) is 11.6. The van der Waals surface area contributed by atoms with Gasteiger partial charge in [-0.25, -0.2) is 0 Å². The lowest BCUT2D eigenvalue weighted by atomic mass is 10.0. The lowest BCUT2D eigenvalue weighted by Crippen LogP contribution is -2.41. The van der Waals surface area contributed by atoms with Gasteiger partial charge in [0, 0.05) is 16.0 Å². The average Bonchev–Trinajstić information content (AvgIpc) is 2.32. The van der Waals surface area contributed by atoms with Crippen molar-refractivity contribution in [2.24, 2.45) is 5.92 Å². The molecule has 100 valence electrons. The molecule has 0 radical (unpaired) electrons. The summed E-state index contributed by atoms with van der Waals surface area (Å²) in [5.74, 6) is -0.0977. The van der Waals surface area contributed by atoms with Gasteiger partial charge >= 0.3 is 5.97 Å². The van der Waals surface area contributed by atoms with Crippen LogP contribution in [0.4, 0.5) is 0 Å². The Morgan fingerprint density at radius 2 is 2.17 bits per heavy atom. The summed E-state index contributed by atoms with van der Waals surface area (Å²) in [5, 5.41) is 3.85. The summed E-state index contributed by atoms with van der Waals surface area (Å²) in [5.41, 5.74) is 0.945. The number of rotatable bonds is 5. The van der Waals surface area contributed by atoms with Crippen molar-refractivity contribution in [2.45, 2.75) is 26.4 Å². The maximum absolute atomic E-state index is 11.6. The van der Waals surface area contributed by atoms with Gasteiger partial charge in [0.15, 0.2) is 0 Å². The van der Waals surface area contributed by atoms with E-state index in [1.807, 2.05) is 32.0 Å². The second kappa shape index (κ2) is 7.12. The zero-order valence-corrected chi connectivity index (χ0v) is 13.0. The van der Waals surface area contributed by atoms with E-state index in [1.165, 1.54) is 7.11 Å². The molecule has 0 spiro atoms. The van der Waals surface area contributed by atoms with Gasteiger partial charge in [-0.2, -0.15) is 0 Å². The third-order valence-corrected chi connectivity index (χ3v) is 3.50. The topological polar surface area (TPSA) is 38.3 Å². The first-order valence-corrected chi connectivity index (χ1v) is 6.88. The van der Waals surface area contributed by atoms with Gasteiger partial charge in [-0.3, -0.25) is 4.79 Å². The molecule has 1 rings (SSSR count). The van der Waals surface area contributed by atoms with E-state index in [2.05, 4.69) is 21.2 Å². The van der Waals surface area contributed by atoms with Crippen molar-refractivity contribution in [2.75, 3.05) is 7.11 Å². The SMILES string of the molecule is COC(=O)[C@@H](NCc1cc(Br)ccc1Cl)C(C)C. The zero-order chi connectivity index (χ0) is 13.7. The molecule has 18 heavy (non-hydrogen) atoms. The Morgan fingerprint density at radius 1 is 1.50 bits per heavy atom. The summed E-state index contributed by atoms with van der Waals surface area (Å²) in [6.07, 6.45) is 0. The molecule has 0 heterocycles. The van der Waals surface area contributed by atoms with Crippen molar-refractivity contribution in [1.82, 2.24) is 5.32 Å². The average molecular weight is 335 g/mol. The Bertz CT molecular complexity index is 423. The molecular formula is C13H17BrClNO2. The molecule has 0 bridgehead atoms. The zero-order valence-electron chi connectivity index (χ0n) is 10.7. The lowest BCUT2D eigenvalue weighted by Gasteiger charge is -2.20. The summed E-state index contributed by atoms with van der Waals surface area (Å²) in [7, 11) is 1.39. The molecule has 3 nitrogen and oxygen atoms in total. The summed E-state index contributed by atoms with van der Waals surface area (Å²) < 4.78 is 5.73. The van der Waals surface area contributed by atoms with E-state index >= 15 is 0 Å². The molecule has 1 aromatic carbocycles. The monoisotopic (exact) mass is 333 g/mol. The third kappa shape index (κ3) is 4.26. The van der Waals surface area contributed by atoms with Crippen LogP contribution in [0.25, 0.3) is 0 Å². The molecule has 1 N–H and O–H groups in total. The first-order chi connectivity index (χ1) is 8.45. The molecule has 0 fully saturated rings. The summed E-state index contributed by atoms with van der Waals surface area (Å²) in [6, 6.07) is 5.31. The van der Waals surface area contributed by atoms with Gasteiger partial charge in [0.1, 0.15) is 6.04 Å². The number of benzene rings is 1. The fraction of sp³-hybridized carbons (Fsp3) is 0.462. The number of methoxy groups -OCH3 is 1. The molecule has 0 unspecified atom stereocenters. The van der Waals surface area contributed by atoms with Crippen molar-refractivity contribution in [3.63, 3.8) is 0 Å².